The number of carbonyl (C=O) groups excluding carboxylic acids is 1. The van der Waals surface area contributed by atoms with Crippen LogP contribution in [0, 0.1) is 0 Å². The van der Waals surface area contributed by atoms with Crippen molar-refractivity contribution in [2.24, 2.45) is 0 Å². The number of benzene rings is 1. The number of carbonyl (C=O) groups is 1. The van der Waals surface area contributed by atoms with Gasteiger partial charge in [-0.2, -0.15) is 0 Å². The number of hydrogen-bond donors (Lipinski definition) is 2. The van der Waals surface area contributed by atoms with E-state index in [1.807, 2.05) is 12.1 Å². The Morgan fingerprint density at radius 2 is 1.94 bits per heavy atom. The van der Waals surface area contributed by atoms with E-state index in [1.54, 1.807) is 7.11 Å². The van der Waals surface area contributed by atoms with E-state index in [2.05, 4.69) is 29.7 Å². The molecule has 0 bridgehead atoms. The standard InChI is InChI=1S/C14H22N2O2/c1-11(15-8-9-16-12(2)17)10-13-4-6-14(18-3)7-5-13/h4-7,11,15H,8-10H2,1-3H3,(H,16,17). The monoisotopic (exact) mass is 250 g/mol. The number of ether oxygens (including phenoxy) is 1. The molecule has 1 rings (SSSR count). The molecular weight excluding hydrogens is 228 g/mol. The lowest BCUT2D eigenvalue weighted by Crippen LogP contribution is -2.35. The van der Waals surface area contributed by atoms with E-state index >= 15 is 0 Å². The number of amides is 1. The molecule has 1 amide bonds. The molecule has 0 aromatic heterocycles. The first-order valence-electron chi connectivity index (χ1n) is 6.22. The first-order valence-corrected chi connectivity index (χ1v) is 6.22. The van der Waals surface area contributed by atoms with Crippen LogP contribution in [0.5, 0.6) is 5.75 Å². The Morgan fingerprint density at radius 3 is 2.50 bits per heavy atom. The first kappa shape index (κ1) is 14.5. The van der Waals surface area contributed by atoms with Gasteiger partial charge in [-0.25, -0.2) is 0 Å². The number of methoxy groups -OCH3 is 1. The molecule has 4 nitrogen and oxygen atoms in total. The molecule has 1 unspecified atom stereocenters. The van der Waals surface area contributed by atoms with Gasteiger partial charge in [0.25, 0.3) is 0 Å². The van der Waals surface area contributed by atoms with Crippen LogP contribution in [0.2, 0.25) is 0 Å². The lowest BCUT2D eigenvalue weighted by Gasteiger charge is -2.14. The summed E-state index contributed by atoms with van der Waals surface area (Å²) in [5.41, 5.74) is 1.27. The van der Waals surface area contributed by atoms with Crippen molar-refractivity contribution in [3.63, 3.8) is 0 Å². The second kappa shape index (κ2) is 7.71. The molecule has 4 heteroatoms. The minimum absolute atomic E-state index is 0.0135. The van der Waals surface area contributed by atoms with Gasteiger partial charge in [0.05, 0.1) is 7.11 Å². The van der Waals surface area contributed by atoms with E-state index < -0.39 is 0 Å². The van der Waals surface area contributed by atoms with E-state index in [-0.39, 0.29) is 5.91 Å². The van der Waals surface area contributed by atoms with Gasteiger partial charge in [-0.05, 0) is 31.0 Å². The van der Waals surface area contributed by atoms with Crippen molar-refractivity contribution < 1.29 is 9.53 Å². The molecule has 1 atom stereocenters. The summed E-state index contributed by atoms with van der Waals surface area (Å²) in [6.07, 6.45) is 0.962. The van der Waals surface area contributed by atoms with Crippen LogP contribution in [0.15, 0.2) is 24.3 Å². The molecular formula is C14H22N2O2. The van der Waals surface area contributed by atoms with Crippen LogP contribution in [-0.4, -0.2) is 32.1 Å². The molecule has 0 radical (unpaired) electrons. The van der Waals surface area contributed by atoms with E-state index in [9.17, 15) is 4.79 Å². The van der Waals surface area contributed by atoms with Gasteiger partial charge in [-0.3, -0.25) is 4.79 Å². The van der Waals surface area contributed by atoms with Crippen LogP contribution in [0.25, 0.3) is 0 Å². The van der Waals surface area contributed by atoms with Gasteiger partial charge in [0.2, 0.25) is 5.91 Å². The van der Waals surface area contributed by atoms with E-state index in [0.717, 1.165) is 18.7 Å². The summed E-state index contributed by atoms with van der Waals surface area (Å²) in [7, 11) is 1.67. The Hall–Kier alpha value is -1.55. The first-order chi connectivity index (χ1) is 8.61. The smallest absolute Gasteiger partial charge is 0.216 e. The van der Waals surface area contributed by atoms with Crippen molar-refractivity contribution in [3.05, 3.63) is 29.8 Å². The van der Waals surface area contributed by atoms with Gasteiger partial charge in [0.1, 0.15) is 5.75 Å². The average Bonchev–Trinajstić information content (AvgIpc) is 2.35. The summed E-state index contributed by atoms with van der Waals surface area (Å²) < 4.78 is 5.12. The Kier molecular flexibility index (Phi) is 6.22. The van der Waals surface area contributed by atoms with Crippen molar-refractivity contribution in [2.45, 2.75) is 26.3 Å². The van der Waals surface area contributed by atoms with Crippen molar-refractivity contribution in [3.8, 4) is 5.75 Å². The highest BCUT2D eigenvalue weighted by Gasteiger charge is 2.03. The molecule has 0 aliphatic rings. The number of nitrogens with one attached hydrogen (secondary N) is 2. The Morgan fingerprint density at radius 1 is 1.28 bits per heavy atom. The largest absolute Gasteiger partial charge is 0.497 e. The fourth-order valence-electron chi connectivity index (χ4n) is 1.74. The van der Waals surface area contributed by atoms with Crippen molar-refractivity contribution in [1.82, 2.24) is 10.6 Å². The van der Waals surface area contributed by atoms with Gasteiger partial charge in [0.15, 0.2) is 0 Å². The zero-order chi connectivity index (χ0) is 13.4. The van der Waals surface area contributed by atoms with Crippen LogP contribution in [0.4, 0.5) is 0 Å². The normalized spacial score (nSPS) is 11.9. The van der Waals surface area contributed by atoms with Crippen LogP contribution < -0.4 is 15.4 Å². The highest BCUT2D eigenvalue weighted by atomic mass is 16.5. The van der Waals surface area contributed by atoms with E-state index in [1.165, 1.54) is 12.5 Å². The fourth-order valence-corrected chi connectivity index (χ4v) is 1.74. The lowest BCUT2D eigenvalue weighted by atomic mass is 10.1. The summed E-state index contributed by atoms with van der Waals surface area (Å²) in [6, 6.07) is 8.47. The van der Waals surface area contributed by atoms with Crippen molar-refractivity contribution >= 4 is 5.91 Å². The summed E-state index contributed by atoms with van der Waals surface area (Å²) in [6.45, 7) is 5.12. The highest BCUT2D eigenvalue weighted by Crippen LogP contribution is 2.12. The molecule has 1 aromatic rings. The SMILES string of the molecule is COc1ccc(CC(C)NCCNC(C)=O)cc1. The average molecular weight is 250 g/mol. The number of rotatable bonds is 7. The van der Waals surface area contributed by atoms with Gasteiger partial charge >= 0.3 is 0 Å². The molecule has 0 heterocycles. The topological polar surface area (TPSA) is 50.4 Å². The maximum Gasteiger partial charge on any atom is 0.216 e. The van der Waals surface area contributed by atoms with Gasteiger partial charge in [-0.15, -0.1) is 0 Å². The van der Waals surface area contributed by atoms with Gasteiger partial charge in [-0.1, -0.05) is 12.1 Å². The molecule has 100 valence electrons. The molecule has 2 N–H and O–H groups in total. The van der Waals surface area contributed by atoms with Gasteiger partial charge in [0, 0.05) is 26.1 Å². The van der Waals surface area contributed by atoms with Crippen LogP contribution in [-0.2, 0) is 11.2 Å². The van der Waals surface area contributed by atoms with Crippen LogP contribution in [0.1, 0.15) is 19.4 Å². The molecule has 0 aliphatic heterocycles. The summed E-state index contributed by atoms with van der Waals surface area (Å²) in [5.74, 6) is 0.893. The molecule has 0 saturated carbocycles. The Balaban J connectivity index is 2.26. The predicted molar refractivity (Wildman–Crippen MR) is 72.8 cm³/mol. The minimum atomic E-state index is 0.0135. The zero-order valence-electron chi connectivity index (χ0n) is 11.3. The molecule has 1 aromatic carbocycles. The predicted octanol–water partition coefficient (Wildman–Crippen LogP) is 1.35. The highest BCUT2D eigenvalue weighted by molar-refractivity contribution is 5.72. The molecule has 0 aliphatic carbocycles. The summed E-state index contributed by atoms with van der Waals surface area (Å²) in [4.78, 5) is 10.7. The van der Waals surface area contributed by atoms with Crippen LogP contribution in [0.3, 0.4) is 0 Å². The third-order valence-electron chi connectivity index (χ3n) is 2.69. The van der Waals surface area contributed by atoms with Gasteiger partial charge < -0.3 is 15.4 Å². The van der Waals surface area contributed by atoms with Crippen LogP contribution >= 0.6 is 0 Å². The molecule has 0 saturated heterocycles. The second-order valence-electron chi connectivity index (χ2n) is 4.39. The Labute approximate surface area is 109 Å². The fraction of sp³-hybridized carbons (Fsp3) is 0.500. The quantitative estimate of drug-likeness (QED) is 0.718. The number of hydrogen-bond acceptors (Lipinski definition) is 3. The minimum Gasteiger partial charge on any atom is -0.497 e. The maximum atomic E-state index is 10.7. The third kappa shape index (κ3) is 5.68. The molecule has 0 spiro atoms. The maximum absolute atomic E-state index is 10.7. The lowest BCUT2D eigenvalue weighted by molar-refractivity contribution is -0.118. The van der Waals surface area contributed by atoms with E-state index in [4.69, 9.17) is 4.74 Å². The van der Waals surface area contributed by atoms with Crippen molar-refractivity contribution in [1.29, 1.82) is 0 Å². The third-order valence-corrected chi connectivity index (χ3v) is 2.69. The molecule has 0 fully saturated rings. The zero-order valence-corrected chi connectivity index (χ0v) is 11.3. The summed E-state index contributed by atoms with van der Waals surface area (Å²) >= 11 is 0. The van der Waals surface area contributed by atoms with Crippen molar-refractivity contribution in [2.75, 3.05) is 20.2 Å². The van der Waals surface area contributed by atoms with E-state index in [0.29, 0.717) is 12.6 Å². The molecule has 18 heavy (non-hydrogen) atoms. The second-order valence-corrected chi connectivity index (χ2v) is 4.39. The Bertz CT molecular complexity index is 363. The summed E-state index contributed by atoms with van der Waals surface area (Å²) in [5, 5.41) is 6.13.